The first-order valence-electron chi connectivity index (χ1n) is 6.20. The first-order chi connectivity index (χ1) is 9.18. The van der Waals surface area contributed by atoms with Gasteiger partial charge in [0.25, 0.3) is 0 Å². The molecule has 0 atom stereocenters. The van der Waals surface area contributed by atoms with Crippen molar-refractivity contribution in [1.29, 1.82) is 0 Å². The minimum atomic E-state index is -0.576. The highest BCUT2D eigenvalue weighted by Crippen LogP contribution is 2.34. The van der Waals surface area contributed by atoms with Crippen molar-refractivity contribution in [3.8, 4) is 0 Å². The number of benzene rings is 1. The molecule has 0 radical (unpaired) electrons. The molecule has 1 amide bonds. The normalized spacial score (nSPS) is 17.2. The van der Waals surface area contributed by atoms with Gasteiger partial charge in [0.2, 0.25) is 5.91 Å². The number of carbonyl (C=O) groups excluding carboxylic acids is 1. The number of hydrogen-bond donors (Lipinski definition) is 1. The summed E-state index contributed by atoms with van der Waals surface area (Å²) in [5.74, 6) is -0.0206. The number of anilines is 1. The molecule has 100 valence electrons. The van der Waals surface area contributed by atoms with Gasteiger partial charge in [-0.1, -0.05) is 12.1 Å². The van der Waals surface area contributed by atoms with Crippen molar-refractivity contribution in [2.45, 2.75) is 0 Å². The van der Waals surface area contributed by atoms with Gasteiger partial charge < -0.3 is 19.8 Å². The molecule has 2 heterocycles. The number of rotatable bonds is 3. The summed E-state index contributed by atoms with van der Waals surface area (Å²) >= 11 is 0. The van der Waals surface area contributed by atoms with E-state index >= 15 is 0 Å². The molecule has 3 rings (SSSR count). The van der Waals surface area contributed by atoms with Gasteiger partial charge in [-0.05, 0) is 12.1 Å². The molecule has 0 spiro atoms. The van der Waals surface area contributed by atoms with Gasteiger partial charge in [-0.3, -0.25) is 4.79 Å². The van der Waals surface area contributed by atoms with E-state index in [0.29, 0.717) is 19.8 Å². The molecular formula is C14H16N2O3. The number of amides is 1. The Morgan fingerprint density at radius 3 is 2.79 bits per heavy atom. The Labute approximate surface area is 110 Å². The van der Waals surface area contributed by atoms with Crippen LogP contribution in [0.25, 0.3) is 11.0 Å². The maximum atomic E-state index is 12.5. The molecule has 1 aliphatic heterocycles. The van der Waals surface area contributed by atoms with E-state index in [1.54, 1.807) is 18.2 Å². The zero-order valence-corrected chi connectivity index (χ0v) is 10.8. The molecule has 5 nitrogen and oxygen atoms in total. The molecule has 1 saturated heterocycles. The summed E-state index contributed by atoms with van der Waals surface area (Å²) < 4.78 is 10.6. The summed E-state index contributed by atoms with van der Waals surface area (Å²) in [4.78, 5) is 14.2. The fraction of sp³-hybridized carbons (Fsp3) is 0.357. The number of nitrogens with two attached hydrogens (primary N) is 1. The van der Waals surface area contributed by atoms with Crippen LogP contribution in [0.4, 0.5) is 5.69 Å². The van der Waals surface area contributed by atoms with Gasteiger partial charge in [0.05, 0.1) is 18.9 Å². The van der Waals surface area contributed by atoms with Gasteiger partial charge in [-0.2, -0.15) is 0 Å². The smallest absolute Gasteiger partial charge is 0.239 e. The minimum Gasteiger partial charge on any atom is -0.462 e. The number of hydrogen-bond acceptors (Lipinski definition) is 4. The monoisotopic (exact) mass is 260 g/mol. The van der Waals surface area contributed by atoms with Crippen molar-refractivity contribution in [3.63, 3.8) is 0 Å². The summed E-state index contributed by atoms with van der Waals surface area (Å²) in [6.07, 6.45) is 1.60. The Balaban J connectivity index is 1.95. The van der Waals surface area contributed by atoms with E-state index in [0.717, 1.165) is 16.7 Å². The van der Waals surface area contributed by atoms with E-state index in [1.165, 1.54) is 0 Å². The Hall–Kier alpha value is -1.85. The molecule has 1 aliphatic rings. The average molecular weight is 260 g/mol. The summed E-state index contributed by atoms with van der Waals surface area (Å²) in [5, 5.41) is 0.922. The lowest BCUT2D eigenvalue weighted by Crippen LogP contribution is -2.58. The number of furan rings is 1. The first-order valence-corrected chi connectivity index (χ1v) is 6.20. The molecule has 19 heavy (non-hydrogen) atoms. The molecule has 2 N–H and O–H groups in total. The number of nitrogens with zero attached hydrogens (tertiary/aromatic N) is 1. The predicted molar refractivity (Wildman–Crippen MR) is 71.9 cm³/mol. The second-order valence-corrected chi connectivity index (χ2v) is 4.96. The highest BCUT2D eigenvalue weighted by molar-refractivity contribution is 6.04. The molecule has 1 aromatic carbocycles. The van der Waals surface area contributed by atoms with E-state index in [-0.39, 0.29) is 5.91 Å². The molecular weight excluding hydrogens is 244 g/mol. The van der Waals surface area contributed by atoms with Crippen LogP contribution in [0, 0.1) is 5.41 Å². The van der Waals surface area contributed by atoms with Crippen LogP contribution < -0.4 is 10.6 Å². The molecule has 2 aromatic rings. The van der Waals surface area contributed by atoms with E-state index < -0.39 is 5.41 Å². The molecule has 1 fully saturated rings. The van der Waals surface area contributed by atoms with Crippen LogP contribution in [0.3, 0.4) is 0 Å². The fourth-order valence-electron chi connectivity index (χ4n) is 2.37. The van der Waals surface area contributed by atoms with Crippen LogP contribution in [0.15, 0.2) is 34.9 Å². The zero-order chi connectivity index (χ0) is 13.5. The minimum absolute atomic E-state index is 0.0206. The molecule has 0 aliphatic carbocycles. The Morgan fingerprint density at radius 1 is 1.42 bits per heavy atom. The van der Waals surface area contributed by atoms with Gasteiger partial charge in [-0.25, -0.2) is 0 Å². The summed E-state index contributed by atoms with van der Waals surface area (Å²) in [5.41, 5.74) is 6.68. The van der Waals surface area contributed by atoms with Gasteiger partial charge in [-0.15, -0.1) is 0 Å². The average Bonchev–Trinajstić information content (AvgIpc) is 2.81. The quantitative estimate of drug-likeness (QED) is 0.905. The van der Waals surface area contributed by atoms with Crippen LogP contribution in [0.5, 0.6) is 0 Å². The predicted octanol–water partition coefficient (Wildman–Crippen LogP) is 1.37. The lowest BCUT2D eigenvalue weighted by Gasteiger charge is -2.41. The van der Waals surface area contributed by atoms with E-state index in [4.69, 9.17) is 14.9 Å². The van der Waals surface area contributed by atoms with Gasteiger partial charge in [0.15, 0.2) is 0 Å². The van der Waals surface area contributed by atoms with Crippen LogP contribution in [-0.4, -0.2) is 32.7 Å². The molecule has 0 bridgehead atoms. The summed E-state index contributed by atoms with van der Waals surface area (Å²) in [6, 6.07) is 7.63. The third-order valence-electron chi connectivity index (χ3n) is 3.73. The number of carbonyl (C=O) groups is 1. The molecule has 5 heteroatoms. The Kier molecular flexibility index (Phi) is 2.80. The van der Waals surface area contributed by atoms with E-state index in [9.17, 15) is 4.79 Å². The number of ether oxygens (including phenoxy) is 1. The van der Waals surface area contributed by atoms with Crippen molar-refractivity contribution in [2.75, 3.05) is 31.7 Å². The van der Waals surface area contributed by atoms with Crippen LogP contribution in [0.2, 0.25) is 0 Å². The van der Waals surface area contributed by atoms with Gasteiger partial charge in [0.1, 0.15) is 17.3 Å². The highest BCUT2D eigenvalue weighted by Gasteiger charge is 2.46. The van der Waals surface area contributed by atoms with Gasteiger partial charge >= 0.3 is 0 Å². The molecule has 0 unspecified atom stereocenters. The zero-order valence-electron chi connectivity index (χ0n) is 10.8. The highest BCUT2D eigenvalue weighted by atomic mass is 16.5. The molecule has 0 saturated carbocycles. The summed E-state index contributed by atoms with van der Waals surface area (Å²) in [7, 11) is 1.75. The number of para-hydroxylation sites is 1. The van der Waals surface area contributed by atoms with Crippen molar-refractivity contribution in [3.05, 3.63) is 30.5 Å². The molecule has 1 aromatic heterocycles. The Bertz CT molecular complexity index is 610. The standard InChI is InChI=1S/C14H16N2O3/c1-16(13(17)14(7-15)8-18-9-14)11-6-19-12-5-3-2-4-10(11)12/h2-6H,7-9,15H2,1H3. The van der Waals surface area contributed by atoms with Crippen LogP contribution in [0.1, 0.15) is 0 Å². The largest absolute Gasteiger partial charge is 0.462 e. The fourth-order valence-corrected chi connectivity index (χ4v) is 2.37. The third-order valence-corrected chi connectivity index (χ3v) is 3.73. The van der Waals surface area contributed by atoms with Crippen molar-refractivity contribution in [1.82, 2.24) is 0 Å². The van der Waals surface area contributed by atoms with E-state index in [2.05, 4.69) is 0 Å². The van der Waals surface area contributed by atoms with Crippen LogP contribution >= 0.6 is 0 Å². The second kappa shape index (κ2) is 4.36. The maximum absolute atomic E-state index is 12.5. The third kappa shape index (κ3) is 1.74. The van der Waals surface area contributed by atoms with Crippen molar-refractivity contribution >= 4 is 22.6 Å². The van der Waals surface area contributed by atoms with Crippen LogP contribution in [-0.2, 0) is 9.53 Å². The maximum Gasteiger partial charge on any atom is 0.239 e. The van der Waals surface area contributed by atoms with E-state index in [1.807, 2.05) is 24.3 Å². The second-order valence-electron chi connectivity index (χ2n) is 4.96. The first kappa shape index (κ1) is 12.2. The van der Waals surface area contributed by atoms with Gasteiger partial charge in [0, 0.05) is 19.0 Å². The topological polar surface area (TPSA) is 68.7 Å². The summed E-state index contributed by atoms with van der Waals surface area (Å²) in [6.45, 7) is 1.08. The van der Waals surface area contributed by atoms with Crippen molar-refractivity contribution in [2.24, 2.45) is 11.1 Å². The Morgan fingerprint density at radius 2 is 2.16 bits per heavy atom. The number of fused-ring (bicyclic) bond motifs is 1. The van der Waals surface area contributed by atoms with Crippen molar-refractivity contribution < 1.29 is 13.9 Å². The lowest BCUT2D eigenvalue weighted by molar-refractivity contribution is -0.156. The lowest BCUT2D eigenvalue weighted by atomic mass is 9.84. The SMILES string of the molecule is CN(C(=O)C1(CN)COC1)c1coc2ccccc12.